The predicted octanol–water partition coefficient (Wildman–Crippen LogP) is 9.44. The van der Waals surface area contributed by atoms with E-state index in [1.54, 1.807) is 0 Å². The standard InChI is InChI=1S/C46H49NO4Si/c1-34(2)43-46(37-24-14-8-15-25-37,38-26-16-9-17-27-38)50-44(49)47(43)41(48)33-32-35(3)42(36-22-12-7-13-23-36)51-52(45(4,5)6,39-28-18-10-19-29-39)40-30-20-11-21-31-40/h7-35,42-43H,1-6H3/b33-32+/t35-,42-,43+/m1/s1. The second-order valence-corrected chi connectivity index (χ2v) is 19.3. The molecule has 0 aromatic heterocycles. The predicted molar refractivity (Wildman–Crippen MR) is 212 cm³/mol. The Kier molecular flexibility index (Phi) is 10.8. The van der Waals surface area contributed by atoms with Crippen LogP contribution in [0.25, 0.3) is 0 Å². The molecule has 1 aliphatic rings. The average Bonchev–Trinajstić information content (AvgIpc) is 3.49. The highest BCUT2D eigenvalue weighted by Gasteiger charge is 2.59. The lowest BCUT2D eigenvalue weighted by molar-refractivity contribution is -0.125. The van der Waals surface area contributed by atoms with Crippen LogP contribution in [0, 0.1) is 11.8 Å². The van der Waals surface area contributed by atoms with Crippen molar-refractivity contribution in [3.8, 4) is 0 Å². The summed E-state index contributed by atoms with van der Waals surface area (Å²) in [6, 6.07) is 50.3. The summed E-state index contributed by atoms with van der Waals surface area (Å²) in [7, 11) is -2.97. The van der Waals surface area contributed by atoms with E-state index in [2.05, 4.69) is 88.4 Å². The van der Waals surface area contributed by atoms with Crippen LogP contribution in [-0.2, 0) is 19.6 Å². The fourth-order valence-corrected chi connectivity index (χ4v) is 12.7. The second-order valence-electron chi connectivity index (χ2n) is 15.1. The topological polar surface area (TPSA) is 55.8 Å². The number of benzene rings is 5. The zero-order chi connectivity index (χ0) is 36.9. The van der Waals surface area contributed by atoms with Gasteiger partial charge >= 0.3 is 6.09 Å². The number of cyclic esters (lactones) is 1. The van der Waals surface area contributed by atoms with Gasteiger partial charge in [-0.25, -0.2) is 9.69 Å². The van der Waals surface area contributed by atoms with Crippen LogP contribution in [-0.4, -0.2) is 31.3 Å². The van der Waals surface area contributed by atoms with E-state index in [0.29, 0.717) is 0 Å². The fourth-order valence-electron chi connectivity index (χ4n) is 7.95. The van der Waals surface area contributed by atoms with Gasteiger partial charge in [0.1, 0.15) is 0 Å². The van der Waals surface area contributed by atoms with Crippen LogP contribution in [0.1, 0.15) is 64.3 Å². The molecule has 0 radical (unpaired) electrons. The van der Waals surface area contributed by atoms with Gasteiger partial charge in [-0.3, -0.25) is 4.79 Å². The van der Waals surface area contributed by atoms with Crippen molar-refractivity contribution in [1.82, 2.24) is 4.90 Å². The van der Waals surface area contributed by atoms with Crippen LogP contribution in [0.3, 0.4) is 0 Å². The minimum Gasteiger partial charge on any atom is -0.430 e. The van der Waals surface area contributed by atoms with E-state index >= 15 is 0 Å². The minimum absolute atomic E-state index is 0.114. The number of nitrogens with zero attached hydrogens (tertiary/aromatic N) is 1. The first-order valence-electron chi connectivity index (χ1n) is 18.2. The summed E-state index contributed by atoms with van der Waals surface area (Å²) in [4.78, 5) is 29.6. The Morgan fingerprint density at radius 3 is 1.56 bits per heavy atom. The van der Waals surface area contributed by atoms with E-state index in [9.17, 15) is 9.59 Å². The summed E-state index contributed by atoms with van der Waals surface area (Å²) in [5.41, 5.74) is 1.50. The molecule has 0 N–H and O–H groups in total. The summed E-state index contributed by atoms with van der Waals surface area (Å²) < 4.78 is 14.0. The highest BCUT2D eigenvalue weighted by Crippen LogP contribution is 2.47. The Bertz CT molecular complexity index is 1880. The molecule has 6 heteroatoms. The maximum Gasteiger partial charge on any atom is 0.418 e. The van der Waals surface area contributed by atoms with Gasteiger partial charge in [0.25, 0.3) is 14.2 Å². The molecule has 3 atom stereocenters. The summed E-state index contributed by atoms with van der Waals surface area (Å²) >= 11 is 0. The quantitative estimate of drug-likeness (QED) is 0.101. The molecule has 0 spiro atoms. The summed E-state index contributed by atoms with van der Waals surface area (Å²) in [6.07, 6.45) is 2.39. The highest BCUT2D eigenvalue weighted by molar-refractivity contribution is 6.99. The van der Waals surface area contributed by atoms with Gasteiger partial charge in [0.2, 0.25) is 0 Å². The van der Waals surface area contributed by atoms with Gasteiger partial charge in [0.05, 0.1) is 12.1 Å². The van der Waals surface area contributed by atoms with Gasteiger partial charge in [0, 0.05) is 23.1 Å². The third-order valence-corrected chi connectivity index (χ3v) is 15.3. The number of carbonyl (C=O) groups excluding carboxylic acids is 2. The molecule has 1 aliphatic heterocycles. The van der Waals surface area contributed by atoms with Crippen LogP contribution in [0.4, 0.5) is 4.79 Å². The molecule has 6 rings (SSSR count). The lowest BCUT2D eigenvalue weighted by Crippen LogP contribution is -2.67. The van der Waals surface area contributed by atoms with Crippen LogP contribution in [0.15, 0.2) is 164 Å². The fraction of sp³-hybridized carbons (Fsp3) is 0.261. The Hall–Kier alpha value is -5.04. The van der Waals surface area contributed by atoms with Crippen LogP contribution >= 0.6 is 0 Å². The van der Waals surface area contributed by atoms with Crippen molar-refractivity contribution in [3.05, 3.63) is 181 Å². The van der Waals surface area contributed by atoms with Crippen LogP contribution < -0.4 is 10.4 Å². The first kappa shape index (κ1) is 36.7. The first-order chi connectivity index (χ1) is 25.0. The van der Waals surface area contributed by atoms with E-state index < -0.39 is 38.1 Å². The minimum atomic E-state index is -2.97. The largest absolute Gasteiger partial charge is 0.430 e. The Balaban J connectivity index is 1.41. The number of imide groups is 1. The molecule has 5 aromatic rings. The van der Waals surface area contributed by atoms with Crippen molar-refractivity contribution in [2.45, 2.75) is 64.3 Å². The van der Waals surface area contributed by atoms with Gasteiger partial charge < -0.3 is 9.16 Å². The zero-order valence-electron chi connectivity index (χ0n) is 31.0. The smallest absolute Gasteiger partial charge is 0.418 e. The molecule has 0 bridgehead atoms. The molecule has 5 nitrogen and oxygen atoms in total. The Labute approximate surface area is 310 Å². The van der Waals surface area contributed by atoms with Crippen molar-refractivity contribution in [3.63, 3.8) is 0 Å². The number of carbonyl (C=O) groups is 2. The molecule has 1 fully saturated rings. The lowest BCUT2D eigenvalue weighted by atomic mass is 9.75. The molecular formula is C46H49NO4Si. The molecule has 0 unspecified atom stereocenters. The summed E-state index contributed by atoms with van der Waals surface area (Å²) in [5, 5.41) is 2.11. The normalized spacial score (nSPS) is 17.2. The van der Waals surface area contributed by atoms with Crippen molar-refractivity contribution in [2.24, 2.45) is 11.8 Å². The molecule has 1 saturated heterocycles. The van der Waals surface area contributed by atoms with Gasteiger partial charge in [-0.15, -0.1) is 0 Å². The van der Waals surface area contributed by atoms with Gasteiger partial charge in [-0.05, 0) is 26.9 Å². The van der Waals surface area contributed by atoms with Crippen LogP contribution in [0.2, 0.25) is 5.04 Å². The SMILES string of the molecule is CC(C)[C@@H]1N(C(=O)/C=C/[C@@H](C)[C@@H](O[Si](c2ccccc2)(c2ccccc2)C(C)(C)C)c2ccccc2)C(=O)OC1(c1ccccc1)c1ccccc1. The molecule has 5 aromatic carbocycles. The number of amides is 2. The van der Waals surface area contributed by atoms with Gasteiger partial charge in [0.15, 0.2) is 5.60 Å². The van der Waals surface area contributed by atoms with Crippen molar-refractivity contribution in [1.29, 1.82) is 0 Å². The summed E-state index contributed by atoms with van der Waals surface area (Å²) in [5.74, 6) is -0.768. The highest BCUT2D eigenvalue weighted by atomic mass is 28.4. The molecule has 1 heterocycles. The molecule has 2 amide bonds. The number of ether oxygens (including phenoxy) is 1. The lowest BCUT2D eigenvalue weighted by Gasteiger charge is -2.46. The third-order valence-electron chi connectivity index (χ3n) is 10.3. The molecular weight excluding hydrogens is 659 g/mol. The van der Waals surface area contributed by atoms with Gasteiger partial charge in [-0.1, -0.05) is 199 Å². The maximum absolute atomic E-state index is 14.4. The van der Waals surface area contributed by atoms with E-state index in [-0.39, 0.29) is 16.9 Å². The zero-order valence-corrected chi connectivity index (χ0v) is 32.0. The second kappa shape index (κ2) is 15.3. The number of rotatable bonds is 11. The number of hydrogen-bond donors (Lipinski definition) is 0. The molecule has 0 saturated carbocycles. The average molecular weight is 708 g/mol. The molecule has 52 heavy (non-hydrogen) atoms. The van der Waals surface area contributed by atoms with E-state index in [4.69, 9.17) is 9.16 Å². The van der Waals surface area contributed by atoms with Crippen LogP contribution in [0.5, 0.6) is 0 Å². The number of hydrogen-bond acceptors (Lipinski definition) is 4. The van der Waals surface area contributed by atoms with E-state index in [1.807, 2.05) is 111 Å². The van der Waals surface area contributed by atoms with Crippen molar-refractivity contribution >= 4 is 30.7 Å². The van der Waals surface area contributed by atoms with E-state index in [1.165, 1.54) is 21.3 Å². The van der Waals surface area contributed by atoms with Gasteiger partial charge in [-0.2, -0.15) is 0 Å². The molecule has 266 valence electrons. The monoisotopic (exact) mass is 707 g/mol. The molecule has 0 aliphatic carbocycles. The van der Waals surface area contributed by atoms with Crippen molar-refractivity contribution < 1.29 is 18.8 Å². The summed E-state index contributed by atoms with van der Waals surface area (Å²) in [6.45, 7) is 12.9. The van der Waals surface area contributed by atoms with E-state index in [0.717, 1.165) is 16.7 Å². The Morgan fingerprint density at radius 2 is 1.13 bits per heavy atom. The Morgan fingerprint density at radius 1 is 0.712 bits per heavy atom. The maximum atomic E-state index is 14.4. The van der Waals surface area contributed by atoms with Crippen molar-refractivity contribution in [2.75, 3.05) is 0 Å². The first-order valence-corrected chi connectivity index (χ1v) is 20.1. The third kappa shape index (κ3) is 6.81.